The third-order valence-corrected chi connectivity index (χ3v) is 7.93. The van der Waals surface area contributed by atoms with E-state index in [1.54, 1.807) is 54.9 Å². The van der Waals surface area contributed by atoms with E-state index in [2.05, 4.69) is 25.1 Å². The minimum absolute atomic E-state index is 0.195. The summed E-state index contributed by atoms with van der Waals surface area (Å²) in [6.45, 7) is 3.39. The molecule has 3 heterocycles. The van der Waals surface area contributed by atoms with Crippen molar-refractivity contribution in [2.24, 2.45) is 0 Å². The van der Waals surface area contributed by atoms with E-state index in [0.717, 1.165) is 5.69 Å². The number of benzene rings is 1. The van der Waals surface area contributed by atoms with Gasteiger partial charge < -0.3 is 14.2 Å². The van der Waals surface area contributed by atoms with E-state index >= 15 is 0 Å². The predicted octanol–water partition coefficient (Wildman–Crippen LogP) is 3.14. The van der Waals surface area contributed by atoms with Gasteiger partial charge in [0.1, 0.15) is 23.3 Å². The molecule has 0 bridgehead atoms. The van der Waals surface area contributed by atoms with Gasteiger partial charge in [-0.2, -0.15) is 0 Å². The van der Waals surface area contributed by atoms with Crippen LogP contribution in [0.1, 0.15) is 30.2 Å². The number of pyridine rings is 1. The Balaban J connectivity index is 1.79. The molecular weight excluding hydrogens is 496 g/mol. The number of aromatic nitrogens is 6. The fourth-order valence-corrected chi connectivity index (χ4v) is 5.34. The highest BCUT2D eigenvalue weighted by atomic mass is 32.2. The van der Waals surface area contributed by atoms with Gasteiger partial charge in [0.05, 0.1) is 42.7 Å². The molecule has 194 valence electrons. The van der Waals surface area contributed by atoms with Crippen LogP contribution in [0, 0.1) is 6.92 Å². The fourth-order valence-electron chi connectivity index (χ4n) is 3.90. The molecule has 0 unspecified atom stereocenters. The number of para-hydroxylation sites is 2. The van der Waals surface area contributed by atoms with Crippen molar-refractivity contribution in [2.45, 2.75) is 31.0 Å². The average molecular weight is 525 g/mol. The van der Waals surface area contributed by atoms with Crippen LogP contribution in [0.4, 0.5) is 0 Å². The minimum Gasteiger partial charge on any atom is -0.495 e. The summed E-state index contributed by atoms with van der Waals surface area (Å²) in [5.74, 6) is 1.03. The van der Waals surface area contributed by atoms with E-state index in [4.69, 9.17) is 14.2 Å². The van der Waals surface area contributed by atoms with Crippen LogP contribution in [0.5, 0.6) is 11.6 Å². The van der Waals surface area contributed by atoms with Crippen LogP contribution >= 0.6 is 0 Å². The van der Waals surface area contributed by atoms with Crippen LogP contribution in [0.3, 0.4) is 0 Å². The monoisotopic (exact) mass is 524 g/mol. The number of sulfone groups is 1. The van der Waals surface area contributed by atoms with Crippen LogP contribution in [0.2, 0.25) is 0 Å². The van der Waals surface area contributed by atoms with E-state index in [1.165, 1.54) is 27.5 Å². The van der Waals surface area contributed by atoms with E-state index < -0.39 is 26.9 Å². The van der Waals surface area contributed by atoms with Gasteiger partial charge in [0.25, 0.3) is 0 Å². The number of nitrogens with zero attached hydrogens (tertiary/aromatic N) is 6. The highest BCUT2D eigenvalue weighted by molar-refractivity contribution is 7.91. The maximum absolute atomic E-state index is 13.6. The molecule has 37 heavy (non-hydrogen) atoms. The van der Waals surface area contributed by atoms with Crippen molar-refractivity contribution in [3.8, 4) is 28.8 Å². The molecule has 4 rings (SSSR count). The molecule has 3 aromatic heterocycles. The second kappa shape index (κ2) is 11.0. The van der Waals surface area contributed by atoms with Crippen LogP contribution < -0.4 is 9.47 Å². The number of ether oxygens (including phenoxy) is 3. The lowest BCUT2D eigenvalue weighted by molar-refractivity contribution is 0.0983. The lowest BCUT2D eigenvalue weighted by atomic mass is 10.2. The van der Waals surface area contributed by atoms with Gasteiger partial charge in [-0.1, -0.05) is 18.2 Å². The summed E-state index contributed by atoms with van der Waals surface area (Å²) in [7, 11) is 0.683. The lowest BCUT2D eigenvalue weighted by Crippen LogP contribution is -2.29. The second-order valence-electron chi connectivity index (χ2n) is 8.26. The molecule has 0 amide bonds. The van der Waals surface area contributed by atoms with Gasteiger partial charge in [0, 0.05) is 19.4 Å². The van der Waals surface area contributed by atoms with Crippen molar-refractivity contribution < 1.29 is 22.6 Å². The third-order valence-electron chi connectivity index (χ3n) is 5.89. The summed E-state index contributed by atoms with van der Waals surface area (Å²) in [5.41, 5.74) is 2.17. The van der Waals surface area contributed by atoms with E-state index in [-0.39, 0.29) is 5.82 Å². The number of hydrogen-bond acceptors (Lipinski definition) is 10. The number of rotatable bonds is 10. The SMILES string of the molecule is COc1cccc(-c2nnc(CS(=O)(=O)[C@@H](C)[C@H](OC)c3cnc(C)cn3)n2-c2ccccc2OC)n1. The highest BCUT2D eigenvalue weighted by Crippen LogP contribution is 2.31. The first-order valence-electron chi connectivity index (χ1n) is 11.4. The van der Waals surface area contributed by atoms with Crippen molar-refractivity contribution in [3.05, 3.63) is 72.1 Å². The number of hydrogen-bond donors (Lipinski definition) is 0. The first-order chi connectivity index (χ1) is 17.8. The fraction of sp³-hybridized carbons (Fsp3) is 0.320. The standard InChI is InChI=1S/C25H28N6O5S/c1-16-13-27-19(14-26-16)24(36-5)17(2)37(32,33)15-22-29-30-25(18-9-8-12-23(28-18)35-4)31(22)20-10-6-7-11-21(20)34-3/h6-14,17,24H,15H2,1-5H3/t17-,24-/m0/s1. The Kier molecular flexibility index (Phi) is 7.79. The minimum atomic E-state index is -3.82. The Labute approximate surface area is 215 Å². The summed E-state index contributed by atoms with van der Waals surface area (Å²) in [4.78, 5) is 13.0. The maximum Gasteiger partial charge on any atom is 0.213 e. The molecule has 2 atom stereocenters. The molecule has 0 saturated carbocycles. The molecule has 0 aliphatic heterocycles. The van der Waals surface area contributed by atoms with Gasteiger partial charge in [-0.05, 0) is 32.0 Å². The van der Waals surface area contributed by atoms with Gasteiger partial charge in [0.2, 0.25) is 5.88 Å². The molecular formula is C25H28N6O5S. The number of aryl methyl sites for hydroxylation is 1. The Hall–Kier alpha value is -3.90. The van der Waals surface area contributed by atoms with Gasteiger partial charge in [-0.25, -0.2) is 13.4 Å². The number of methoxy groups -OCH3 is 3. The molecule has 11 nitrogen and oxygen atoms in total. The molecule has 1 aromatic carbocycles. The molecule has 0 spiro atoms. The van der Waals surface area contributed by atoms with Crippen LogP contribution in [0.25, 0.3) is 17.2 Å². The first-order valence-corrected chi connectivity index (χ1v) is 13.1. The molecule has 0 radical (unpaired) electrons. The highest BCUT2D eigenvalue weighted by Gasteiger charge is 2.34. The van der Waals surface area contributed by atoms with Crippen LogP contribution in [-0.2, 0) is 20.3 Å². The topological polar surface area (TPSA) is 131 Å². The van der Waals surface area contributed by atoms with Gasteiger partial charge in [-0.15, -0.1) is 10.2 Å². The van der Waals surface area contributed by atoms with E-state index in [1.807, 2.05) is 12.1 Å². The summed E-state index contributed by atoms with van der Waals surface area (Å²) in [6.07, 6.45) is 2.28. The second-order valence-corrected chi connectivity index (χ2v) is 10.6. The zero-order valence-electron chi connectivity index (χ0n) is 21.2. The largest absolute Gasteiger partial charge is 0.495 e. The Morgan fingerprint density at radius 2 is 1.73 bits per heavy atom. The zero-order chi connectivity index (χ0) is 26.6. The summed E-state index contributed by atoms with van der Waals surface area (Å²) in [6, 6.07) is 12.4. The molecule has 0 aliphatic carbocycles. The normalized spacial score (nSPS) is 13.2. The van der Waals surface area contributed by atoms with Crippen molar-refractivity contribution in [2.75, 3.05) is 21.3 Å². The molecule has 0 aliphatic rings. The summed E-state index contributed by atoms with van der Waals surface area (Å²) >= 11 is 0. The zero-order valence-corrected chi connectivity index (χ0v) is 22.0. The molecule has 0 saturated heterocycles. The van der Waals surface area contributed by atoms with Gasteiger partial charge in [-0.3, -0.25) is 14.5 Å². The Morgan fingerprint density at radius 1 is 0.946 bits per heavy atom. The van der Waals surface area contributed by atoms with Crippen LogP contribution in [0.15, 0.2) is 54.9 Å². The first kappa shape index (κ1) is 26.2. The van der Waals surface area contributed by atoms with E-state index in [9.17, 15) is 8.42 Å². The van der Waals surface area contributed by atoms with Gasteiger partial charge >= 0.3 is 0 Å². The average Bonchev–Trinajstić information content (AvgIpc) is 3.32. The molecule has 12 heteroatoms. The van der Waals surface area contributed by atoms with Crippen molar-refractivity contribution in [1.82, 2.24) is 29.7 Å². The Morgan fingerprint density at radius 3 is 2.41 bits per heavy atom. The maximum atomic E-state index is 13.6. The van der Waals surface area contributed by atoms with Crippen molar-refractivity contribution in [3.63, 3.8) is 0 Å². The lowest BCUT2D eigenvalue weighted by Gasteiger charge is -2.22. The Bertz CT molecular complexity index is 1470. The quantitative estimate of drug-likeness (QED) is 0.305. The van der Waals surface area contributed by atoms with Crippen LogP contribution in [-0.4, -0.2) is 64.7 Å². The van der Waals surface area contributed by atoms with E-state index in [0.29, 0.717) is 34.5 Å². The summed E-state index contributed by atoms with van der Waals surface area (Å²) in [5, 5.41) is 7.63. The van der Waals surface area contributed by atoms with Crippen molar-refractivity contribution in [1.29, 1.82) is 0 Å². The molecule has 0 N–H and O–H groups in total. The smallest absolute Gasteiger partial charge is 0.213 e. The third kappa shape index (κ3) is 5.44. The van der Waals surface area contributed by atoms with Gasteiger partial charge in [0.15, 0.2) is 21.5 Å². The summed E-state index contributed by atoms with van der Waals surface area (Å²) < 4.78 is 45.3. The molecule has 0 fully saturated rings. The molecule has 4 aromatic rings. The van der Waals surface area contributed by atoms with Crippen molar-refractivity contribution >= 4 is 9.84 Å². The predicted molar refractivity (Wildman–Crippen MR) is 136 cm³/mol.